The van der Waals surface area contributed by atoms with Crippen LogP contribution < -0.4 is 5.32 Å². The average Bonchev–Trinajstić information content (AvgIpc) is 2.64. The fourth-order valence-electron chi connectivity index (χ4n) is 5.08. The monoisotopic (exact) mass is 385 g/mol. The minimum absolute atomic E-state index is 0.121. The molecule has 2 fully saturated rings. The van der Waals surface area contributed by atoms with Crippen molar-refractivity contribution in [1.82, 2.24) is 10.2 Å². The Morgan fingerprint density at radius 1 is 1.18 bits per heavy atom. The van der Waals surface area contributed by atoms with Crippen LogP contribution in [-0.4, -0.2) is 40.1 Å². The summed E-state index contributed by atoms with van der Waals surface area (Å²) in [7, 11) is 0. The maximum Gasteiger partial charge on any atom is 0.238 e. The maximum atomic E-state index is 13.4. The van der Waals surface area contributed by atoms with Crippen LogP contribution in [0, 0.1) is 17.9 Å². The second kappa shape index (κ2) is 8.96. The predicted octanol–water partition coefficient (Wildman–Crippen LogP) is 3.94. The second-order valence-corrected chi connectivity index (χ2v) is 9.70. The number of rotatable bonds is 5. The molecule has 0 bridgehead atoms. The largest absolute Gasteiger partial charge is 0.391 e. The zero-order chi connectivity index (χ0) is 20.3. The zero-order valence-corrected chi connectivity index (χ0v) is 17.9. The number of aliphatic hydroxyl groups is 1. The highest BCUT2D eigenvalue weighted by Gasteiger charge is 2.46. The first kappa shape index (κ1) is 21.3. The molecule has 2 aliphatic rings. The molecule has 0 aromatic heterocycles. The molecule has 1 saturated carbocycles. The van der Waals surface area contributed by atoms with Crippen molar-refractivity contribution >= 4 is 5.91 Å². The summed E-state index contributed by atoms with van der Waals surface area (Å²) in [6.07, 6.45) is 6.08. The van der Waals surface area contributed by atoms with Gasteiger partial charge in [0.25, 0.3) is 0 Å². The van der Waals surface area contributed by atoms with E-state index >= 15 is 0 Å². The van der Waals surface area contributed by atoms with Gasteiger partial charge in [0.15, 0.2) is 0 Å². The summed E-state index contributed by atoms with van der Waals surface area (Å²) in [4.78, 5) is 15.7. The fourth-order valence-corrected chi connectivity index (χ4v) is 5.08. The van der Waals surface area contributed by atoms with Gasteiger partial charge < -0.3 is 10.4 Å². The van der Waals surface area contributed by atoms with Crippen LogP contribution in [0.2, 0.25) is 0 Å². The fraction of sp³-hybridized carbons (Fsp3) is 0.667. The quantitative estimate of drug-likeness (QED) is 0.807. The van der Waals surface area contributed by atoms with Crippen molar-refractivity contribution in [3.05, 3.63) is 41.9 Å². The lowest BCUT2D eigenvalue weighted by Crippen LogP contribution is -2.61. The summed E-state index contributed by atoms with van der Waals surface area (Å²) in [5.41, 5.74) is 0.925. The molecule has 3 rings (SSSR count). The molecule has 1 heterocycles. The van der Waals surface area contributed by atoms with Crippen LogP contribution >= 0.6 is 0 Å². The summed E-state index contributed by atoms with van der Waals surface area (Å²) < 4.78 is 0. The van der Waals surface area contributed by atoms with Gasteiger partial charge in [-0.05, 0) is 70.9 Å². The van der Waals surface area contributed by atoms with Gasteiger partial charge in [-0.3, -0.25) is 9.69 Å². The molecular weight excluding hydrogens is 348 g/mol. The second-order valence-electron chi connectivity index (χ2n) is 9.70. The number of hydrogen-bond acceptors (Lipinski definition) is 3. The average molecular weight is 386 g/mol. The lowest BCUT2D eigenvalue weighted by molar-refractivity contribution is -0.134. The van der Waals surface area contributed by atoms with Crippen LogP contribution in [0.1, 0.15) is 65.4 Å². The van der Waals surface area contributed by atoms with E-state index in [0.717, 1.165) is 25.4 Å². The number of aliphatic hydroxyl groups excluding tert-OH is 1. The first-order valence-corrected chi connectivity index (χ1v) is 10.9. The van der Waals surface area contributed by atoms with Gasteiger partial charge in [0.1, 0.15) is 0 Å². The molecular formula is C24H37N2O2. The molecule has 1 radical (unpaired) electrons. The highest BCUT2D eigenvalue weighted by atomic mass is 16.3. The van der Waals surface area contributed by atoms with E-state index in [1.807, 2.05) is 45.9 Å². The van der Waals surface area contributed by atoms with E-state index in [-0.39, 0.29) is 17.5 Å². The predicted molar refractivity (Wildman–Crippen MR) is 114 cm³/mol. The molecule has 1 aromatic rings. The molecule has 28 heavy (non-hydrogen) atoms. The third-order valence-corrected chi connectivity index (χ3v) is 6.30. The summed E-state index contributed by atoms with van der Waals surface area (Å²) in [5.74, 6) is 1.14. The number of benzene rings is 1. The molecule has 1 aromatic carbocycles. The van der Waals surface area contributed by atoms with Crippen molar-refractivity contribution in [1.29, 1.82) is 0 Å². The lowest BCUT2D eigenvalue weighted by Gasteiger charge is -2.50. The molecule has 155 valence electrons. The van der Waals surface area contributed by atoms with Gasteiger partial charge in [-0.1, -0.05) is 49.6 Å². The zero-order valence-electron chi connectivity index (χ0n) is 17.9. The Labute approximate surface area is 170 Å². The summed E-state index contributed by atoms with van der Waals surface area (Å²) >= 11 is 0. The van der Waals surface area contributed by atoms with Crippen LogP contribution in [0.25, 0.3) is 0 Å². The minimum Gasteiger partial charge on any atom is -0.391 e. The number of hydrogen-bond donors (Lipinski definition) is 2. The van der Waals surface area contributed by atoms with Crippen molar-refractivity contribution in [2.24, 2.45) is 11.8 Å². The molecule has 4 heteroatoms. The third kappa shape index (κ3) is 5.15. The number of amides is 1. The highest BCUT2D eigenvalue weighted by molar-refractivity contribution is 5.83. The Morgan fingerprint density at radius 2 is 1.86 bits per heavy atom. The third-order valence-electron chi connectivity index (χ3n) is 6.30. The number of carbonyl (C=O) groups excluding carboxylic acids is 1. The number of fused-ring (bicyclic) bond motifs is 1. The normalized spacial score (nSPS) is 27.3. The molecule has 1 aliphatic heterocycles. The number of nitrogens with one attached hydrogen (secondary N) is 1. The SMILES string of the molecule is CC(O)[C](Cc1ccccc1)N1CCC2CCCCC2C1C(=O)NC(C)(C)C. The Balaban J connectivity index is 1.88. The number of carbonyl (C=O) groups is 1. The van der Waals surface area contributed by atoms with Crippen molar-refractivity contribution in [3.8, 4) is 0 Å². The first-order chi connectivity index (χ1) is 13.3. The number of piperidine rings is 1. The smallest absolute Gasteiger partial charge is 0.238 e. The van der Waals surface area contributed by atoms with Gasteiger partial charge in [0.2, 0.25) is 5.91 Å². The first-order valence-electron chi connectivity index (χ1n) is 10.9. The van der Waals surface area contributed by atoms with Gasteiger partial charge in [-0.2, -0.15) is 0 Å². The molecule has 1 amide bonds. The van der Waals surface area contributed by atoms with Crippen LogP contribution in [0.4, 0.5) is 0 Å². The molecule has 0 spiro atoms. The molecule has 2 N–H and O–H groups in total. The standard InChI is InChI=1S/C24H37N2O2/c1-17(27)21(16-18-10-6-5-7-11-18)26-15-14-19-12-8-9-13-20(19)22(26)23(28)25-24(2,3)4/h5-7,10-11,17,19-20,22,27H,8-9,12-16H2,1-4H3,(H,25,28). The minimum atomic E-state index is -0.565. The number of likely N-dealkylation sites (tertiary alicyclic amines) is 1. The Morgan fingerprint density at radius 3 is 2.50 bits per heavy atom. The number of nitrogens with zero attached hydrogens (tertiary/aromatic N) is 1. The topological polar surface area (TPSA) is 52.6 Å². The lowest BCUT2D eigenvalue weighted by atomic mass is 9.70. The summed E-state index contributed by atoms with van der Waals surface area (Å²) in [6.45, 7) is 8.82. The van der Waals surface area contributed by atoms with Crippen molar-refractivity contribution in [3.63, 3.8) is 0 Å². The van der Waals surface area contributed by atoms with Gasteiger partial charge in [0, 0.05) is 5.54 Å². The molecule has 4 nitrogen and oxygen atoms in total. The van der Waals surface area contributed by atoms with E-state index in [0.29, 0.717) is 18.3 Å². The van der Waals surface area contributed by atoms with E-state index in [1.54, 1.807) is 0 Å². The van der Waals surface area contributed by atoms with Crippen molar-refractivity contribution in [2.75, 3.05) is 6.54 Å². The van der Waals surface area contributed by atoms with E-state index in [4.69, 9.17) is 0 Å². The maximum absolute atomic E-state index is 13.4. The van der Waals surface area contributed by atoms with E-state index < -0.39 is 6.10 Å². The highest BCUT2D eigenvalue weighted by Crippen LogP contribution is 2.42. The van der Waals surface area contributed by atoms with E-state index in [2.05, 4.69) is 22.3 Å². The summed E-state index contributed by atoms with van der Waals surface area (Å²) in [6, 6.07) is 11.1. The van der Waals surface area contributed by atoms with Crippen LogP contribution in [0.5, 0.6) is 0 Å². The van der Waals surface area contributed by atoms with Crippen molar-refractivity contribution < 1.29 is 9.90 Å². The molecule has 1 aliphatic carbocycles. The Bertz CT molecular complexity index is 638. The Kier molecular flexibility index (Phi) is 6.82. The Hall–Kier alpha value is -1.39. The van der Waals surface area contributed by atoms with E-state index in [9.17, 15) is 9.90 Å². The van der Waals surface area contributed by atoms with Gasteiger partial charge in [-0.15, -0.1) is 0 Å². The van der Waals surface area contributed by atoms with Crippen molar-refractivity contribution in [2.45, 2.75) is 83.9 Å². The van der Waals surface area contributed by atoms with Crippen LogP contribution in [-0.2, 0) is 11.2 Å². The van der Waals surface area contributed by atoms with Crippen LogP contribution in [0.3, 0.4) is 0 Å². The summed E-state index contributed by atoms with van der Waals surface area (Å²) in [5, 5.41) is 13.9. The molecule has 1 saturated heterocycles. The molecule has 4 unspecified atom stereocenters. The van der Waals surface area contributed by atoms with Gasteiger partial charge in [0.05, 0.1) is 18.2 Å². The molecule has 4 atom stereocenters. The van der Waals surface area contributed by atoms with Gasteiger partial charge in [-0.25, -0.2) is 0 Å². The van der Waals surface area contributed by atoms with Crippen LogP contribution in [0.15, 0.2) is 30.3 Å². The van der Waals surface area contributed by atoms with E-state index in [1.165, 1.54) is 24.8 Å². The van der Waals surface area contributed by atoms with Gasteiger partial charge >= 0.3 is 0 Å².